The Morgan fingerprint density at radius 2 is 2.18 bits per heavy atom. The summed E-state index contributed by atoms with van der Waals surface area (Å²) in [5.74, 6) is 1.15. The smallest absolute Gasteiger partial charge is 0.239 e. The Labute approximate surface area is 137 Å². The number of nitrogens with one attached hydrogen (secondary N) is 1. The number of carbonyl (C=O) groups is 2. The van der Waals surface area contributed by atoms with Gasteiger partial charge in [0.05, 0.1) is 5.41 Å². The lowest BCUT2D eigenvalue weighted by Crippen LogP contribution is -2.46. The molecule has 1 aromatic carbocycles. The Bertz CT molecular complexity index is 742. The molecule has 0 unspecified atom stereocenters. The van der Waals surface area contributed by atoms with E-state index in [2.05, 4.69) is 16.8 Å². The number of carbonyl (C=O) groups excluding carboxylic acids is 2. The molecule has 0 saturated heterocycles. The second kappa shape index (κ2) is 5.00. The van der Waals surface area contributed by atoms with Crippen LogP contribution >= 0.6 is 23.4 Å². The number of hydrogen-bond donors (Lipinski definition) is 1. The van der Waals surface area contributed by atoms with Crippen LogP contribution in [0, 0.1) is 11.8 Å². The third kappa shape index (κ3) is 1.90. The lowest BCUT2D eigenvalue weighted by molar-refractivity contribution is -0.123. The third-order valence-corrected chi connectivity index (χ3v) is 5.98. The van der Waals surface area contributed by atoms with Crippen molar-refractivity contribution < 1.29 is 9.59 Å². The summed E-state index contributed by atoms with van der Waals surface area (Å²) in [6.07, 6.45) is 5.90. The Balaban J connectivity index is 1.90. The summed E-state index contributed by atoms with van der Waals surface area (Å²) < 4.78 is 0. The number of fused-ring (bicyclic) bond motifs is 2. The van der Waals surface area contributed by atoms with Crippen LogP contribution in [0.15, 0.2) is 41.8 Å². The van der Waals surface area contributed by atoms with Gasteiger partial charge in [-0.05, 0) is 41.0 Å². The SMILES string of the molecule is O=C1C=C[C@@]2(C(=O)Nc3cc(Cl)ccc32)[C@H]([C@H]2C=CSC2)C1. The molecular weight excluding hydrogens is 318 g/mol. The Kier molecular flexibility index (Phi) is 3.20. The van der Waals surface area contributed by atoms with Crippen molar-refractivity contribution in [2.24, 2.45) is 11.8 Å². The summed E-state index contributed by atoms with van der Waals surface area (Å²) in [7, 11) is 0. The van der Waals surface area contributed by atoms with Gasteiger partial charge in [0.2, 0.25) is 5.91 Å². The van der Waals surface area contributed by atoms with Crippen molar-refractivity contribution in [3.63, 3.8) is 0 Å². The first-order valence-corrected chi connectivity index (χ1v) is 8.66. The number of hydrogen-bond acceptors (Lipinski definition) is 3. The number of halogens is 1. The number of amides is 1. The predicted octanol–water partition coefficient (Wildman–Crippen LogP) is 3.55. The van der Waals surface area contributed by atoms with E-state index < -0.39 is 5.41 Å². The van der Waals surface area contributed by atoms with E-state index in [1.165, 1.54) is 0 Å². The molecule has 0 bridgehead atoms. The number of anilines is 1. The van der Waals surface area contributed by atoms with Crippen LogP contribution in [0.4, 0.5) is 5.69 Å². The van der Waals surface area contributed by atoms with Gasteiger partial charge in [-0.25, -0.2) is 0 Å². The van der Waals surface area contributed by atoms with Gasteiger partial charge in [-0.3, -0.25) is 9.59 Å². The zero-order valence-electron chi connectivity index (χ0n) is 11.7. The molecule has 1 N–H and O–H groups in total. The molecule has 1 aromatic rings. The first-order chi connectivity index (χ1) is 10.6. The van der Waals surface area contributed by atoms with Gasteiger partial charge in [-0.2, -0.15) is 0 Å². The minimum Gasteiger partial charge on any atom is -0.325 e. The van der Waals surface area contributed by atoms with Crippen LogP contribution in [0.1, 0.15) is 12.0 Å². The summed E-state index contributed by atoms with van der Waals surface area (Å²) in [5.41, 5.74) is 0.936. The molecule has 2 heterocycles. The van der Waals surface area contributed by atoms with Gasteiger partial charge in [-0.1, -0.05) is 29.8 Å². The normalized spacial score (nSPS) is 32.6. The van der Waals surface area contributed by atoms with Crippen molar-refractivity contribution in [2.45, 2.75) is 11.8 Å². The molecule has 22 heavy (non-hydrogen) atoms. The summed E-state index contributed by atoms with van der Waals surface area (Å²) in [6, 6.07) is 5.50. The number of thioether (sulfide) groups is 1. The van der Waals surface area contributed by atoms with Gasteiger partial charge >= 0.3 is 0 Å². The number of ketones is 1. The highest BCUT2D eigenvalue weighted by atomic mass is 35.5. The summed E-state index contributed by atoms with van der Waals surface area (Å²) in [6.45, 7) is 0. The van der Waals surface area contributed by atoms with Gasteiger partial charge in [0.15, 0.2) is 5.78 Å². The molecule has 3 atom stereocenters. The van der Waals surface area contributed by atoms with E-state index in [4.69, 9.17) is 11.6 Å². The minimum absolute atomic E-state index is 0.0429. The Hall–Kier alpha value is -1.52. The van der Waals surface area contributed by atoms with Crippen LogP contribution < -0.4 is 5.32 Å². The van der Waals surface area contributed by atoms with E-state index in [1.54, 1.807) is 30.0 Å². The zero-order chi connectivity index (χ0) is 15.3. The number of allylic oxidation sites excluding steroid dienone is 2. The maximum atomic E-state index is 12.8. The molecule has 0 fully saturated rings. The van der Waals surface area contributed by atoms with E-state index in [0.29, 0.717) is 11.4 Å². The monoisotopic (exact) mass is 331 g/mol. The van der Waals surface area contributed by atoms with Crippen molar-refractivity contribution in [2.75, 3.05) is 11.1 Å². The van der Waals surface area contributed by atoms with E-state index in [-0.39, 0.29) is 23.5 Å². The quantitative estimate of drug-likeness (QED) is 0.856. The zero-order valence-corrected chi connectivity index (χ0v) is 13.3. The van der Waals surface area contributed by atoms with E-state index in [1.807, 2.05) is 12.1 Å². The van der Waals surface area contributed by atoms with Gasteiger partial charge < -0.3 is 5.32 Å². The number of benzene rings is 1. The van der Waals surface area contributed by atoms with Crippen LogP contribution in [0.2, 0.25) is 5.02 Å². The van der Waals surface area contributed by atoms with Crippen molar-refractivity contribution in [1.29, 1.82) is 0 Å². The Morgan fingerprint density at radius 1 is 1.32 bits per heavy atom. The average Bonchev–Trinajstić information content (AvgIpc) is 3.09. The summed E-state index contributed by atoms with van der Waals surface area (Å²) >= 11 is 7.78. The van der Waals surface area contributed by atoms with Gasteiger partial charge in [0.25, 0.3) is 0 Å². The molecule has 0 saturated carbocycles. The fraction of sp³-hybridized carbons (Fsp3) is 0.294. The highest BCUT2D eigenvalue weighted by molar-refractivity contribution is 8.02. The lowest BCUT2D eigenvalue weighted by atomic mass is 9.62. The number of rotatable bonds is 1. The molecule has 1 amide bonds. The van der Waals surface area contributed by atoms with Crippen LogP contribution in [-0.2, 0) is 15.0 Å². The molecule has 2 aliphatic heterocycles. The molecule has 4 rings (SSSR count). The molecular formula is C17H14ClNO2S. The van der Waals surface area contributed by atoms with Crippen LogP contribution in [0.5, 0.6) is 0 Å². The molecule has 5 heteroatoms. The molecule has 3 aliphatic rings. The van der Waals surface area contributed by atoms with Crippen molar-refractivity contribution in [1.82, 2.24) is 0 Å². The molecule has 0 radical (unpaired) electrons. The van der Waals surface area contributed by atoms with Crippen molar-refractivity contribution in [3.05, 3.63) is 52.4 Å². The Morgan fingerprint density at radius 3 is 2.95 bits per heavy atom. The summed E-state index contributed by atoms with van der Waals surface area (Å²) in [4.78, 5) is 24.8. The third-order valence-electron chi connectivity index (χ3n) is 4.82. The lowest BCUT2D eigenvalue weighted by Gasteiger charge is -2.38. The van der Waals surface area contributed by atoms with E-state index in [9.17, 15) is 9.59 Å². The highest BCUT2D eigenvalue weighted by Gasteiger charge is 2.54. The first kappa shape index (κ1) is 14.1. The molecule has 3 nitrogen and oxygen atoms in total. The van der Waals surface area contributed by atoms with E-state index in [0.717, 1.165) is 17.0 Å². The molecule has 0 aromatic heterocycles. The molecule has 1 aliphatic carbocycles. The fourth-order valence-corrected chi connectivity index (χ4v) is 4.94. The fourth-order valence-electron chi connectivity index (χ4n) is 3.77. The van der Waals surface area contributed by atoms with E-state index >= 15 is 0 Å². The topological polar surface area (TPSA) is 46.2 Å². The van der Waals surface area contributed by atoms with Crippen LogP contribution in [0.3, 0.4) is 0 Å². The van der Waals surface area contributed by atoms with Gasteiger partial charge in [0.1, 0.15) is 0 Å². The average molecular weight is 332 g/mol. The minimum atomic E-state index is -0.756. The van der Waals surface area contributed by atoms with Crippen LogP contribution in [-0.4, -0.2) is 17.4 Å². The second-order valence-corrected chi connectivity index (χ2v) is 7.32. The second-order valence-electron chi connectivity index (χ2n) is 5.95. The van der Waals surface area contributed by atoms with Gasteiger partial charge in [0, 0.05) is 22.9 Å². The maximum Gasteiger partial charge on any atom is 0.239 e. The summed E-state index contributed by atoms with van der Waals surface area (Å²) in [5, 5.41) is 5.61. The largest absolute Gasteiger partial charge is 0.325 e. The maximum absolute atomic E-state index is 12.8. The van der Waals surface area contributed by atoms with Gasteiger partial charge in [-0.15, -0.1) is 11.8 Å². The standard InChI is InChI=1S/C17H14ClNO2S/c18-11-1-2-13-15(7-11)19-16(21)17(13)5-3-12(20)8-14(17)10-4-6-22-9-10/h1-7,10,14H,8-9H2,(H,19,21)/t10-,14-,17-/m0/s1. The molecule has 1 spiro atoms. The van der Waals surface area contributed by atoms with Crippen LogP contribution in [0.25, 0.3) is 0 Å². The highest BCUT2D eigenvalue weighted by Crippen LogP contribution is 2.51. The first-order valence-electron chi connectivity index (χ1n) is 7.23. The predicted molar refractivity (Wildman–Crippen MR) is 89.1 cm³/mol. The molecule has 112 valence electrons. The van der Waals surface area contributed by atoms with Crippen molar-refractivity contribution >= 4 is 40.7 Å². The van der Waals surface area contributed by atoms with Crippen molar-refractivity contribution in [3.8, 4) is 0 Å².